The molecule has 1 heterocycles. The molecule has 2 aromatic rings. The molecule has 1 aromatic carbocycles. The second kappa shape index (κ2) is 7.35. The van der Waals surface area contributed by atoms with E-state index in [0.29, 0.717) is 18.0 Å². The molecule has 0 radical (unpaired) electrons. The van der Waals surface area contributed by atoms with Gasteiger partial charge in [-0.25, -0.2) is 4.39 Å². The molecule has 0 spiro atoms. The number of benzene rings is 1. The van der Waals surface area contributed by atoms with Crippen LogP contribution in [0.4, 0.5) is 4.39 Å². The van der Waals surface area contributed by atoms with E-state index in [-0.39, 0.29) is 24.9 Å². The number of ether oxygens (including phenoxy) is 1. The summed E-state index contributed by atoms with van der Waals surface area (Å²) in [5.74, 6) is -0.151. The highest BCUT2D eigenvalue weighted by Crippen LogP contribution is 2.08. The van der Waals surface area contributed by atoms with Crippen LogP contribution in [0.25, 0.3) is 0 Å². The number of aliphatic hydroxyl groups excluding tert-OH is 1. The molecule has 0 fully saturated rings. The first-order valence-electron chi connectivity index (χ1n) is 6.37. The Morgan fingerprint density at radius 1 is 1.24 bits per heavy atom. The Morgan fingerprint density at radius 3 is 2.62 bits per heavy atom. The van der Waals surface area contributed by atoms with E-state index in [4.69, 9.17) is 9.84 Å². The second-order valence-corrected chi connectivity index (χ2v) is 4.34. The maximum atomic E-state index is 12.7. The number of pyridine rings is 1. The molecule has 0 aliphatic carbocycles. The van der Waals surface area contributed by atoms with Crippen molar-refractivity contribution in [1.82, 2.24) is 10.3 Å². The molecule has 0 aliphatic rings. The molecule has 6 heteroatoms. The Kier molecular flexibility index (Phi) is 5.22. The lowest BCUT2D eigenvalue weighted by atomic mass is 10.2. The monoisotopic (exact) mass is 290 g/mol. The minimum absolute atomic E-state index is 0.138. The smallest absolute Gasteiger partial charge is 0.258 e. The molecular weight excluding hydrogens is 275 g/mol. The second-order valence-electron chi connectivity index (χ2n) is 4.34. The Bertz CT molecular complexity index is 585. The van der Waals surface area contributed by atoms with Gasteiger partial charge in [0.15, 0.2) is 6.61 Å². The number of hydrogen-bond acceptors (Lipinski definition) is 4. The topological polar surface area (TPSA) is 71.5 Å². The van der Waals surface area contributed by atoms with Crippen molar-refractivity contribution >= 4 is 5.91 Å². The van der Waals surface area contributed by atoms with E-state index in [1.165, 1.54) is 18.3 Å². The predicted molar refractivity (Wildman–Crippen MR) is 73.9 cm³/mol. The zero-order chi connectivity index (χ0) is 15.1. The van der Waals surface area contributed by atoms with E-state index in [9.17, 15) is 9.18 Å². The van der Waals surface area contributed by atoms with E-state index in [1.807, 2.05) is 0 Å². The van der Waals surface area contributed by atoms with Gasteiger partial charge in [0.2, 0.25) is 0 Å². The van der Waals surface area contributed by atoms with Gasteiger partial charge in [0.1, 0.15) is 11.6 Å². The van der Waals surface area contributed by atoms with Crippen LogP contribution in [0.2, 0.25) is 0 Å². The summed E-state index contributed by atoms with van der Waals surface area (Å²) in [7, 11) is 0. The molecule has 0 saturated carbocycles. The van der Waals surface area contributed by atoms with Crippen LogP contribution in [0, 0.1) is 5.82 Å². The molecule has 21 heavy (non-hydrogen) atoms. The fourth-order valence-corrected chi connectivity index (χ4v) is 1.59. The summed E-state index contributed by atoms with van der Waals surface area (Å²) >= 11 is 0. The van der Waals surface area contributed by atoms with E-state index in [1.54, 1.807) is 24.3 Å². The lowest BCUT2D eigenvalue weighted by molar-refractivity contribution is -0.123. The molecule has 0 bridgehead atoms. The summed E-state index contributed by atoms with van der Waals surface area (Å²) in [5.41, 5.74) is 1.34. The lowest BCUT2D eigenvalue weighted by Crippen LogP contribution is -2.28. The highest BCUT2D eigenvalue weighted by molar-refractivity contribution is 5.77. The summed E-state index contributed by atoms with van der Waals surface area (Å²) in [4.78, 5) is 15.5. The van der Waals surface area contributed by atoms with Gasteiger partial charge in [-0.05, 0) is 29.8 Å². The first kappa shape index (κ1) is 14.9. The van der Waals surface area contributed by atoms with Gasteiger partial charge in [0.25, 0.3) is 5.91 Å². The van der Waals surface area contributed by atoms with Crippen LogP contribution in [0.1, 0.15) is 11.3 Å². The number of aliphatic hydroxyl groups is 1. The van der Waals surface area contributed by atoms with Crippen LogP contribution in [0.5, 0.6) is 5.75 Å². The van der Waals surface area contributed by atoms with Gasteiger partial charge < -0.3 is 15.2 Å². The zero-order valence-electron chi connectivity index (χ0n) is 11.3. The molecule has 0 unspecified atom stereocenters. The molecule has 2 rings (SSSR count). The van der Waals surface area contributed by atoms with Gasteiger partial charge in [0.05, 0.1) is 18.5 Å². The summed E-state index contributed by atoms with van der Waals surface area (Å²) < 4.78 is 18.0. The third-order valence-corrected chi connectivity index (χ3v) is 2.73. The average Bonchev–Trinajstić information content (AvgIpc) is 2.53. The first-order valence-corrected chi connectivity index (χ1v) is 6.37. The third kappa shape index (κ3) is 4.85. The minimum atomic E-state index is -0.313. The normalized spacial score (nSPS) is 10.2. The van der Waals surface area contributed by atoms with E-state index < -0.39 is 0 Å². The van der Waals surface area contributed by atoms with Gasteiger partial charge in [-0.3, -0.25) is 9.78 Å². The summed E-state index contributed by atoms with van der Waals surface area (Å²) in [5, 5.41) is 11.5. The van der Waals surface area contributed by atoms with Crippen molar-refractivity contribution in [3.05, 3.63) is 59.7 Å². The van der Waals surface area contributed by atoms with Crippen molar-refractivity contribution in [2.75, 3.05) is 6.61 Å². The van der Waals surface area contributed by atoms with Crippen molar-refractivity contribution in [2.24, 2.45) is 0 Å². The van der Waals surface area contributed by atoms with Gasteiger partial charge >= 0.3 is 0 Å². The lowest BCUT2D eigenvalue weighted by Gasteiger charge is -2.07. The molecule has 2 N–H and O–H groups in total. The van der Waals surface area contributed by atoms with E-state index in [2.05, 4.69) is 10.3 Å². The fraction of sp³-hybridized carbons (Fsp3) is 0.200. The van der Waals surface area contributed by atoms with Gasteiger partial charge in [-0.15, -0.1) is 0 Å². The Labute approximate surface area is 121 Å². The highest BCUT2D eigenvalue weighted by atomic mass is 19.1. The number of halogens is 1. The number of nitrogens with one attached hydrogen (secondary N) is 1. The maximum absolute atomic E-state index is 12.7. The number of carbonyl (C=O) groups is 1. The van der Waals surface area contributed by atoms with Crippen LogP contribution >= 0.6 is 0 Å². The molecule has 110 valence electrons. The maximum Gasteiger partial charge on any atom is 0.258 e. The van der Waals surface area contributed by atoms with E-state index >= 15 is 0 Å². The van der Waals surface area contributed by atoms with Crippen molar-refractivity contribution in [1.29, 1.82) is 0 Å². The third-order valence-electron chi connectivity index (χ3n) is 2.73. The number of hydrogen-bond donors (Lipinski definition) is 2. The number of nitrogens with zero attached hydrogens (tertiary/aromatic N) is 1. The summed E-state index contributed by atoms with van der Waals surface area (Å²) in [6.07, 6.45) is 1.44. The molecule has 1 amide bonds. The predicted octanol–water partition coefficient (Wildman–Crippen LogP) is 1.41. The van der Waals surface area contributed by atoms with Crippen LogP contribution in [0.15, 0.2) is 42.6 Å². The Hall–Kier alpha value is -2.47. The Morgan fingerprint density at radius 2 is 2.00 bits per heavy atom. The van der Waals surface area contributed by atoms with Crippen LogP contribution < -0.4 is 10.1 Å². The SMILES string of the molecule is O=C(COc1ccc(CO)nc1)NCc1ccc(F)cc1. The minimum Gasteiger partial charge on any atom is -0.482 e. The molecule has 0 saturated heterocycles. The summed E-state index contributed by atoms with van der Waals surface area (Å²) in [6.45, 7) is 0.0317. The molecular formula is C15H15FN2O3. The first-order chi connectivity index (χ1) is 10.2. The highest BCUT2D eigenvalue weighted by Gasteiger charge is 2.03. The van der Waals surface area contributed by atoms with Crippen LogP contribution in [-0.4, -0.2) is 22.6 Å². The van der Waals surface area contributed by atoms with Crippen molar-refractivity contribution in [3.8, 4) is 5.75 Å². The van der Waals surface area contributed by atoms with Crippen molar-refractivity contribution < 1.29 is 19.0 Å². The van der Waals surface area contributed by atoms with Gasteiger partial charge in [-0.1, -0.05) is 12.1 Å². The molecule has 0 atom stereocenters. The van der Waals surface area contributed by atoms with Crippen molar-refractivity contribution in [2.45, 2.75) is 13.2 Å². The Balaban J connectivity index is 1.75. The number of rotatable bonds is 6. The molecule has 0 aliphatic heterocycles. The number of carbonyl (C=O) groups excluding carboxylic acids is 1. The van der Waals surface area contributed by atoms with Gasteiger partial charge in [-0.2, -0.15) is 0 Å². The summed E-state index contributed by atoms with van der Waals surface area (Å²) in [6, 6.07) is 9.14. The van der Waals surface area contributed by atoms with Crippen LogP contribution in [0.3, 0.4) is 0 Å². The number of aromatic nitrogens is 1. The standard InChI is InChI=1S/C15H15FN2O3/c16-12-3-1-11(2-4-12)7-18-15(20)10-21-14-6-5-13(9-19)17-8-14/h1-6,8,19H,7,9-10H2,(H,18,20). The average molecular weight is 290 g/mol. The van der Waals surface area contributed by atoms with Crippen LogP contribution in [-0.2, 0) is 17.9 Å². The van der Waals surface area contributed by atoms with E-state index in [0.717, 1.165) is 5.56 Å². The number of amides is 1. The van der Waals surface area contributed by atoms with Crippen molar-refractivity contribution in [3.63, 3.8) is 0 Å². The zero-order valence-corrected chi connectivity index (χ0v) is 11.3. The van der Waals surface area contributed by atoms with Gasteiger partial charge in [0, 0.05) is 6.54 Å². The molecule has 5 nitrogen and oxygen atoms in total. The largest absolute Gasteiger partial charge is 0.482 e. The quantitative estimate of drug-likeness (QED) is 0.844. The molecule has 1 aromatic heterocycles. The fourth-order valence-electron chi connectivity index (χ4n) is 1.59.